The summed E-state index contributed by atoms with van der Waals surface area (Å²) in [7, 11) is 1.33. The number of halogens is 6. The molecule has 2 aromatic carbocycles. The highest BCUT2D eigenvalue weighted by atomic mass is 19.4. The Hall–Kier alpha value is -2.95. The lowest BCUT2D eigenvalue weighted by Crippen LogP contribution is -2.36. The zero-order valence-corrected chi connectivity index (χ0v) is 17.6. The predicted octanol–water partition coefficient (Wildman–Crippen LogP) is 4.58. The van der Waals surface area contributed by atoms with Gasteiger partial charge in [-0.1, -0.05) is 6.07 Å². The zero-order valence-electron chi connectivity index (χ0n) is 17.6. The van der Waals surface area contributed by atoms with Crippen molar-refractivity contribution in [1.29, 1.82) is 0 Å². The molecule has 0 aromatic heterocycles. The van der Waals surface area contributed by atoms with Gasteiger partial charge in [0.1, 0.15) is 0 Å². The third-order valence-electron chi connectivity index (χ3n) is 5.36. The van der Waals surface area contributed by atoms with Crippen molar-refractivity contribution in [3.63, 3.8) is 0 Å². The van der Waals surface area contributed by atoms with Crippen LogP contribution in [0.4, 0.5) is 26.3 Å². The Morgan fingerprint density at radius 2 is 1.64 bits per heavy atom. The minimum absolute atomic E-state index is 0.0569. The van der Waals surface area contributed by atoms with Gasteiger partial charge in [-0.05, 0) is 54.4 Å². The van der Waals surface area contributed by atoms with Crippen molar-refractivity contribution in [3.8, 4) is 11.5 Å². The van der Waals surface area contributed by atoms with Gasteiger partial charge in [0.15, 0.2) is 11.5 Å². The summed E-state index contributed by atoms with van der Waals surface area (Å²) >= 11 is 0. The van der Waals surface area contributed by atoms with Crippen molar-refractivity contribution in [3.05, 3.63) is 58.7 Å². The Balaban J connectivity index is 1.98. The van der Waals surface area contributed by atoms with Gasteiger partial charge in [0.25, 0.3) is 0 Å². The molecular weight excluding hydrogens is 454 g/mol. The zero-order chi connectivity index (χ0) is 24.4. The Morgan fingerprint density at radius 1 is 1.03 bits per heavy atom. The first-order valence-electron chi connectivity index (χ1n) is 10.0. The van der Waals surface area contributed by atoms with E-state index in [2.05, 4.69) is 5.32 Å². The molecule has 1 atom stereocenters. The van der Waals surface area contributed by atoms with Gasteiger partial charge in [-0.25, -0.2) is 0 Å². The fourth-order valence-electron chi connectivity index (χ4n) is 3.71. The molecule has 0 radical (unpaired) electrons. The number of rotatable bonds is 6. The van der Waals surface area contributed by atoms with Gasteiger partial charge < -0.3 is 20.1 Å². The third kappa shape index (κ3) is 6.10. The Morgan fingerprint density at radius 3 is 2.15 bits per heavy atom. The van der Waals surface area contributed by atoms with Crippen LogP contribution in [0.1, 0.15) is 28.7 Å². The summed E-state index contributed by atoms with van der Waals surface area (Å²) in [5.41, 5.74) is -2.67. The summed E-state index contributed by atoms with van der Waals surface area (Å²) in [5.74, 6) is -0.859. The molecule has 1 aliphatic rings. The van der Waals surface area contributed by atoms with Gasteiger partial charge >= 0.3 is 12.4 Å². The van der Waals surface area contributed by atoms with E-state index >= 15 is 0 Å². The largest absolute Gasteiger partial charge is 0.504 e. The number of nitrogens with one attached hydrogen (secondary N) is 1. The number of methoxy groups -OCH3 is 1. The Bertz CT molecular complexity index is 968. The molecular formula is C22H22F6N2O3. The Kier molecular flexibility index (Phi) is 7.11. The molecule has 3 rings (SSSR count). The molecule has 5 nitrogen and oxygen atoms in total. The number of aromatic hydroxyl groups is 1. The molecule has 0 spiro atoms. The fraction of sp³-hybridized carbons (Fsp3) is 0.409. The van der Waals surface area contributed by atoms with Gasteiger partial charge in [-0.3, -0.25) is 4.79 Å². The molecule has 1 amide bonds. The maximum absolute atomic E-state index is 13.3. The minimum atomic E-state index is -4.98. The summed E-state index contributed by atoms with van der Waals surface area (Å²) in [6.07, 6.45) is -9.46. The van der Waals surface area contributed by atoms with Crippen LogP contribution in [0.5, 0.6) is 11.5 Å². The Labute approximate surface area is 186 Å². The van der Waals surface area contributed by atoms with Crippen LogP contribution in [0.15, 0.2) is 36.4 Å². The minimum Gasteiger partial charge on any atom is -0.504 e. The monoisotopic (exact) mass is 476 g/mol. The second-order valence-corrected chi connectivity index (χ2v) is 7.80. The third-order valence-corrected chi connectivity index (χ3v) is 5.36. The van der Waals surface area contributed by atoms with Crippen LogP contribution in [-0.2, 0) is 30.2 Å². The summed E-state index contributed by atoms with van der Waals surface area (Å²) in [5, 5.41) is 12.8. The van der Waals surface area contributed by atoms with Crippen LogP contribution in [0.3, 0.4) is 0 Å². The number of carbonyl (C=O) groups excluding carboxylic acids is 1. The first kappa shape index (κ1) is 24.7. The van der Waals surface area contributed by atoms with Gasteiger partial charge in [-0.15, -0.1) is 0 Å². The molecule has 0 bridgehead atoms. The number of phenols is 1. The standard InChI is InChI=1S/C22H22F6N2O3/c1-33-19-8-13(2-3-18(19)31)11-30(20(32)15-4-5-29-10-15)12-14-6-16(21(23,24)25)9-17(7-14)22(26,27)28/h2-3,6-9,15,29,31H,4-5,10-12H2,1H3/t15-/m1/s1. The lowest BCUT2D eigenvalue weighted by atomic mass is 10.0. The van der Waals surface area contributed by atoms with Crippen LogP contribution < -0.4 is 10.1 Å². The van der Waals surface area contributed by atoms with Crippen molar-refractivity contribution < 1.29 is 41.0 Å². The van der Waals surface area contributed by atoms with E-state index in [-0.39, 0.29) is 29.7 Å². The number of nitrogens with zero attached hydrogens (tertiary/aromatic N) is 1. The topological polar surface area (TPSA) is 61.8 Å². The maximum atomic E-state index is 13.3. The highest BCUT2D eigenvalue weighted by molar-refractivity contribution is 5.79. The summed E-state index contributed by atoms with van der Waals surface area (Å²) in [6.45, 7) is 0.402. The molecule has 1 fully saturated rings. The van der Waals surface area contributed by atoms with Crippen molar-refractivity contribution in [1.82, 2.24) is 10.2 Å². The average molecular weight is 476 g/mol. The first-order valence-corrected chi connectivity index (χ1v) is 10.0. The van der Waals surface area contributed by atoms with E-state index in [0.29, 0.717) is 37.2 Å². The predicted molar refractivity (Wildman–Crippen MR) is 106 cm³/mol. The lowest BCUT2D eigenvalue weighted by molar-refractivity contribution is -0.143. The van der Waals surface area contributed by atoms with E-state index in [1.54, 1.807) is 0 Å². The van der Waals surface area contributed by atoms with Crippen molar-refractivity contribution in [2.24, 2.45) is 5.92 Å². The summed E-state index contributed by atoms with van der Waals surface area (Å²) < 4.78 is 84.6. The second kappa shape index (κ2) is 9.50. The number of hydrogen-bond donors (Lipinski definition) is 2. The van der Waals surface area contributed by atoms with Crippen LogP contribution in [0.2, 0.25) is 0 Å². The van der Waals surface area contributed by atoms with Gasteiger partial charge in [0, 0.05) is 19.6 Å². The van der Waals surface area contributed by atoms with E-state index in [4.69, 9.17) is 4.74 Å². The van der Waals surface area contributed by atoms with E-state index in [1.165, 1.54) is 30.2 Å². The molecule has 0 unspecified atom stereocenters. The van der Waals surface area contributed by atoms with Crippen molar-refractivity contribution in [2.45, 2.75) is 31.9 Å². The summed E-state index contributed by atoms with van der Waals surface area (Å²) in [6, 6.07) is 5.59. The number of carbonyl (C=O) groups is 1. The maximum Gasteiger partial charge on any atom is 0.416 e. The highest BCUT2D eigenvalue weighted by Crippen LogP contribution is 2.37. The van der Waals surface area contributed by atoms with Crippen molar-refractivity contribution >= 4 is 5.91 Å². The van der Waals surface area contributed by atoms with Gasteiger partial charge in [0.2, 0.25) is 5.91 Å². The summed E-state index contributed by atoms with van der Waals surface area (Å²) in [4.78, 5) is 14.3. The number of benzene rings is 2. The molecule has 2 N–H and O–H groups in total. The average Bonchev–Trinajstić information content (AvgIpc) is 3.27. The second-order valence-electron chi connectivity index (χ2n) is 7.80. The van der Waals surface area contributed by atoms with Crippen LogP contribution in [0.25, 0.3) is 0 Å². The van der Waals surface area contributed by atoms with Crippen LogP contribution >= 0.6 is 0 Å². The van der Waals surface area contributed by atoms with E-state index in [9.17, 15) is 36.2 Å². The molecule has 1 heterocycles. The number of amides is 1. The van der Waals surface area contributed by atoms with Gasteiger partial charge in [0.05, 0.1) is 24.2 Å². The molecule has 180 valence electrons. The molecule has 2 aromatic rings. The van der Waals surface area contributed by atoms with E-state index in [0.717, 1.165) is 0 Å². The van der Waals surface area contributed by atoms with E-state index in [1.807, 2.05) is 0 Å². The molecule has 0 saturated carbocycles. The van der Waals surface area contributed by atoms with Gasteiger partial charge in [-0.2, -0.15) is 26.3 Å². The number of alkyl halides is 6. The fourth-order valence-corrected chi connectivity index (χ4v) is 3.71. The SMILES string of the molecule is COc1cc(CN(Cc2cc(C(F)(F)F)cc(C(F)(F)F)c2)C(=O)[C@@H]2CCNC2)ccc1O. The number of phenolic OH excluding ortho intramolecular Hbond substituents is 1. The number of ether oxygens (including phenoxy) is 1. The smallest absolute Gasteiger partial charge is 0.416 e. The number of hydrogen-bond acceptors (Lipinski definition) is 4. The van der Waals surface area contributed by atoms with Crippen LogP contribution in [0, 0.1) is 5.92 Å². The molecule has 11 heteroatoms. The first-order chi connectivity index (χ1) is 15.4. The lowest BCUT2D eigenvalue weighted by Gasteiger charge is -2.27. The quantitative estimate of drug-likeness (QED) is 0.600. The molecule has 0 aliphatic carbocycles. The normalized spacial score (nSPS) is 16.6. The molecule has 33 heavy (non-hydrogen) atoms. The van der Waals surface area contributed by atoms with E-state index < -0.39 is 41.8 Å². The highest BCUT2D eigenvalue weighted by Gasteiger charge is 2.37. The van der Waals surface area contributed by atoms with Crippen molar-refractivity contribution in [2.75, 3.05) is 20.2 Å². The molecule has 1 saturated heterocycles. The van der Waals surface area contributed by atoms with Crippen LogP contribution in [-0.4, -0.2) is 36.1 Å². The molecule has 1 aliphatic heterocycles.